The molecule has 0 saturated heterocycles. The number of nitrogens with zero attached hydrogens (tertiary/aromatic N) is 1. The van der Waals surface area contributed by atoms with Gasteiger partial charge in [-0.05, 0) is 25.1 Å². The third-order valence-corrected chi connectivity index (χ3v) is 5.52. The van der Waals surface area contributed by atoms with Crippen molar-refractivity contribution in [2.24, 2.45) is 0 Å². The highest BCUT2D eigenvalue weighted by molar-refractivity contribution is 7.90. The Balaban J connectivity index is 2.36. The summed E-state index contributed by atoms with van der Waals surface area (Å²) in [5.41, 5.74) is 6.78. The van der Waals surface area contributed by atoms with Gasteiger partial charge in [0.1, 0.15) is 10.8 Å². The number of hydrogen-bond acceptors (Lipinski definition) is 5. The summed E-state index contributed by atoms with van der Waals surface area (Å²) in [5.74, 6) is -0.144. The first kappa shape index (κ1) is 13.3. The van der Waals surface area contributed by atoms with Crippen LogP contribution in [0.2, 0.25) is 5.02 Å². The van der Waals surface area contributed by atoms with Crippen LogP contribution in [0, 0.1) is 6.92 Å². The van der Waals surface area contributed by atoms with E-state index in [9.17, 15) is 8.42 Å². The molecule has 0 spiro atoms. The van der Waals surface area contributed by atoms with E-state index in [2.05, 4.69) is 4.98 Å². The number of nitrogen functional groups attached to an aromatic ring is 1. The van der Waals surface area contributed by atoms with Crippen molar-refractivity contribution in [3.63, 3.8) is 0 Å². The first-order valence-corrected chi connectivity index (χ1v) is 7.98. The Morgan fingerprint density at radius 2 is 2.17 bits per heavy atom. The van der Waals surface area contributed by atoms with Crippen molar-refractivity contribution in [2.45, 2.75) is 17.6 Å². The predicted octanol–water partition coefficient (Wildman–Crippen LogP) is 2.66. The van der Waals surface area contributed by atoms with Crippen LogP contribution >= 0.6 is 22.9 Å². The molecule has 96 valence electrons. The molecule has 0 bridgehead atoms. The van der Waals surface area contributed by atoms with Gasteiger partial charge in [0, 0.05) is 16.8 Å². The van der Waals surface area contributed by atoms with E-state index in [0.717, 1.165) is 5.69 Å². The smallest absolute Gasteiger partial charge is 0.186 e. The van der Waals surface area contributed by atoms with Gasteiger partial charge in [0.2, 0.25) is 0 Å². The number of aromatic nitrogens is 1. The van der Waals surface area contributed by atoms with Crippen molar-refractivity contribution in [3.8, 4) is 0 Å². The van der Waals surface area contributed by atoms with Gasteiger partial charge in [-0.2, -0.15) is 0 Å². The largest absolute Gasteiger partial charge is 0.399 e. The Labute approximate surface area is 114 Å². The number of benzene rings is 1. The minimum Gasteiger partial charge on any atom is -0.399 e. The Morgan fingerprint density at radius 3 is 2.72 bits per heavy atom. The Hall–Kier alpha value is -1.11. The van der Waals surface area contributed by atoms with Gasteiger partial charge in [0.05, 0.1) is 9.92 Å². The third-order valence-electron chi connectivity index (χ3n) is 2.27. The van der Waals surface area contributed by atoms with Crippen molar-refractivity contribution in [1.29, 1.82) is 0 Å². The summed E-state index contributed by atoms with van der Waals surface area (Å²) in [7, 11) is -3.49. The molecule has 1 aromatic carbocycles. The maximum Gasteiger partial charge on any atom is 0.186 e. The summed E-state index contributed by atoms with van der Waals surface area (Å²) in [6, 6.07) is 4.38. The van der Waals surface area contributed by atoms with E-state index >= 15 is 0 Å². The van der Waals surface area contributed by atoms with E-state index in [-0.39, 0.29) is 15.7 Å². The number of hydrogen-bond donors (Lipinski definition) is 1. The molecule has 0 amide bonds. The molecule has 1 heterocycles. The molecule has 18 heavy (non-hydrogen) atoms. The molecule has 0 unspecified atom stereocenters. The van der Waals surface area contributed by atoms with Crippen LogP contribution in [0.1, 0.15) is 10.7 Å². The van der Waals surface area contributed by atoms with Gasteiger partial charge in [0.15, 0.2) is 9.84 Å². The Morgan fingerprint density at radius 1 is 1.44 bits per heavy atom. The number of rotatable bonds is 3. The second kappa shape index (κ2) is 4.87. The molecule has 0 atom stereocenters. The first-order valence-electron chi connectivity index (χ1n) is 5.07. The molecule has 2 aromatic rings. The average molecular weight is 303 g/mol. The molecule has 0 radical (unpaired) electrons. The topological polar surface area (TPSA) is 73.0 Å². The molecule has 7 heteroatoms. The Bertz CT molecular complexity index is 680. The number of anilines is 1. The van der Waals surface area contributed by atoms with E-state index < -0.39 is 9.84 Å². The summed E-state index contributed by atoms with van der Waals surface area (Å²) < 4.78 is 24.4. The van der Waals surface area contributed by atoms with Gasteiger partial charge in [-0.1, -0.05) is 11.6 Å². The number of sulfone groups is 1. The SMILES string of the molecule is Cc1csc(CS(=O)(=O)c2ccc(N)cc2Cl)n1. The molecular weight excluding hydrogens is 292 g/mol. The van der Waals surface area contributed by atoms with Crippen molar-refractivity contribution in [3.05, 3.63) is 39.3 Å². The van der Waals surface area contributed by atoms with Crippen molar-refractivity contribution < 1.29 is 8.42 Å². The lowest BCUT2D eigenvalue weighted by Gasteiger charge is -2.05. The first-order chi connectivity index (χ1) is 8.38. The maximum absolute atomic E-state index is 12.2. The molecule has 0 aliphatic rings. The van der Waals surface area contributed by atoms with Crippen molar-refractivity contribution in [1.82, 2.24) is 4.98 Å². The molecular formula is C11H11ClN2O2S2. The number of nitrogens with two attached hydrogens (primary N) is 1. The van der Waals surface area contributed by atoms with Crippen LogP contribution in [0.25, 0.3) is 0 Å². The standard InChI is InChI=1S/C11H11ClN2O2S2/c1-7-5-17-11(14-7)6-18(15,16)10-3-2-8(13)4-9(10)12/h2-5H,6,13H2,1H3. The second-order valence-electron chi connectivity index (χ2n) is 3.83. The van der Waals surface area contributed by atoms with Crippen LogP contribution in [0.3, 0.4) is 0 Å². The van der Waals surface area contributed by atoms with E-state index in [1.54, 1.807) is 0 Å². The quantitative estimate of drug-likeness (QED) is 0.885. The molecule has 4 nitrogen and oxygen atoms in total. The van der Waals surface area contributed by atoms with E-state index in [1.807, 2.05) is 12.3 Å². The van der Waals surface area contributed by atoms with E-state index in [1.165, 1.54) is 29.5 Å². The number of halogens is 1. The second-order valence-corrected chi connectivity index (χ2v) is 7.14. The molecule has 0 fully saturated rings. The molecule has 0 saturated carbocycles. The minimum absolute atomic E-state index is 0.0891. The highest BCUT2D eigenvalue weighted by Crippen LogP contribution is 2.27. The molecule has 0 aliphatic heterocycles. The highest BCUT2D eigenvalue weighted by Gasteiger charge is 2.20. The zero-order valence-corrected chi connectivity index (χ0v) is 11.9. The lowest BCUT2D eigenvalue weighted by molar-refractivity contribution is 0.595. The summed E-state index contributed by atoms with van der Waals surface area (Å²) in [6.45, 7) is 1.82. The average Bonchev–Trinajstić information content (AvgIpc) is 2.62. The summed E-state index contributed by atoms with van der Waals surface area (Å²) in [6.07, 6.45) is 0. The third kappa shape index (κ3) is 2.82. The molecule has 0 aliphatic carbocycles. The van der Waals surface area contributed by atoms with Gasteiger partial charge in [-0.15, -0.1) is 11.3 Å². The van der Waals surface area contributed by atoms with Gasteiger partial charge in [0.25, 0.3) is 0 Å². The molecule has 1 aromatic heterocycles. The van der Waals surface area contributed by atoms with Crippen LogP contribution < -0.4 is 5.73 Å². The van der Waals surface area contributed by atoms with Crippen LogP contribution in [0.15, 0.2) is 28.5 Å². The molecule has 2 rings (SSSR count). The molecule has 2 N–H and O–H groups in total. The highest BCUT2D eigenvalue weighted by atomic mass is 35.5. The normalized spacial score (nSPS) is 11.7. The Kier molecular flexibility index (Phi) is 3.61. The predicted molar refractivity (Wildman–Crippen MR) is 73.6 cm³/mol. The number of thiazole rings is 1. The van der Waals surface area contributed by atoms with Crippen LogP contribution in [0.4, 0.5) is 5.69 Å². The van der Waals surface area contributed by atoms with Crippen LogP contribution in [-0.2, 0) is 15.6 Å². The van der Waals surface area contributed by atoms with Gasteiger partial charge in [-0.3, -0.25) is 0 Å². The monoisotopic (exact) mass is 302 g/mol. The summed E-state index contributed by atoms with van der Waals surface area (Å²) in [4.78, 5) is 4.23. The van der Waals surface area contributed by atoms with Crippen molar-refractivity contribution in [2.75, 3.05) is 5.73 Å². The fourth-order valence-corrected chi connectivity index (χ4v) is 4.49. The van der Waals surface area contributed by atoms with Gasteiger partial charge >= 0.3 is 0 Å². The lowest BCUT2D eigenvalue weighted by Crippen LogP contribution is -2.06. The van der Waals surface area contributed by atoms with E-state index in [4.69, 9.17) is 17.3 Å². The fraction of sp³-hybridized carbons (Fsp3) is 0.182. The van der Waals surface area contributed by atoms with Gasteiger partial charge < -0.3 is 5.73 Å². The number of aryl methyl sites for hydroxylation is 1. The van der Waals surface area contributed by atoms with Crippen LogP contribution in [-0.4, -0.2) is 13.4 Å². The maximum atomic E-state index is 12.2. The zero-order chi connectivity index (χ0) is 13.3. The lowest BCUT2D eigenvalue weighted by atomic mass is 10.3. The van der Waals surface area contributed by atoms with Gasteiger partial charge in [-0.25, -0.2) is 13.4 Å². The summed E-state index contributed by atoms with van der Waals surface area (Å²) in [5, 5.41) is 2.51. The minimum atomic E-state index is -3.49. The zero-order valence-electron chi connectivity index (χ0n) is 9.55. The fourth-order valence-electron chi connectivity index (χ4n) is 1.48. The van der Waals surface area contributed by atoms with Crippen molar-refractivity contribution >= 4 is 38.5 Å². The van der Waals surface area contributed by atoms with E-state index in [0.29, 0.717) is 10.7 Å². The van der Waals surface area contributed by atoms with Crippen LogP contribution in [0.5, 0.6) is 0 Å². The summed E-state index contributed by atoms with van der Waals surface area (Å²) >= 11 is 7.23.